The lowest BCUT2D eigenvalue weighted by atomic mass is 9.94. The summed E-state index contributed by atoms with van der Waals surface area (Å²) < 4.78 is 5.45. The molecule has 2 aliphatic heterocycles. The first-order valence-electron chi connectivity index (χ1n) is 7.31. The molecule has 2 N–H and O–H groups in total. The van der Waals surface area contributed by atoms with E-state index in [1.807, 2.05) is 25.7 Å². The Labute approximate surface area is 116 Å². The molecule has 0 aromatic rings. The van der Waals surface area contributed by atoms with Gasteiger partial charge >= 0.3 is 6.09 Å². The van der Waals surface area contributed by atoms with Crippen molar-refractivity contribution in [2.75, 3.05) is 32.7 Å². The largest absolute Gasteiger partial charge is 0.444 e. The summed E-state index contributed by atoms with van der Waals surface area (Å²) in [5.74, 6) is 0.650. The first-order chi connectivity index (χ1) is 8.89. The van der Waals surface area contributed by atoms with Crippen molar-refractivity contribution >= 4 is 6.09 Å². The molecule has 0 aromatic carbocycles. The van der Waals surface area contributed by atoms with Crippen molar-refractivity contribution in [3.63, 3.8) is 0 Å². The molecule has 5 heteroatoms. The van der Waals surface area contributed by atoms with Crippen molar-refractivity contribution in [3.05, 3.63) is 0 Å². The lowest BCUT2D eigenvalue weighted by Crippen LogP contribution is -2.59. The molecule has 110 valence electrons. The Hall–Kier alpha value is -0.810. The maximum Gasteiger partial charge on any atom is 0.410 e. The third kappa shape index (κ3) is 3.83. The fraction of sp³-hybridized carbons (Fsp3) is 0.929. The number of amides is 1. The minimum absolute atomic E-state index is 0.173. The van der Waals surface area contributed by atoms with Crippen molar-refractivity contribution in [3.8, 4) is 0 Å². The predicted molar refractivity (Wildman–Crippen MR) is 74.9 cm³/mol. The van der Waals surface area contributed by atoms with Gasteiger partial charge in [0.25, 0.3) is 0 Å². The van der Waals surface area contributed by atoms with Crippen LogP contribution in [0.3, 0.4) is 0 Å². The van der Waals surface area contributed by atoms with E-state index in [9.17, 15) is 4.79 Å². The van der Waals surface area contributed by atoms with E-state index in [0.717, 1.165) is 39.1 Å². The number of carbonyl (C=O) groups is 1. The lowest BCUT2D eigenvalue weighted by molar-refractivity contribution is -0.00811. The monoisotopic (exact) mass is 269 g/mol. The number of hydrogen-bond acceptors (Lipinski definition) is 4. The van der Waals surface area contributed by atoms with Gasteiger partial charge in [-0.2, -0.15) is 0 Å². The van der Waals surface area contributed by atoms with Gasteiger partial charge in [0, 0.05) is 32.2 Å². The maximum absolute atomic E-state index is 12.1. The molecule has 0 saturated carbocycles. The third-order valence-electron chi connectivity index (χ3n) is 3.88. The Morgan fingerprint density at radius 1 is 1.32 bits per heavy atom. The van der Waals surface area contributed by atoms with E-state index in [2.05, 4.69) is 4.90 Å². The average molecular weight is 269 g/mol. The molecule has 5 nitrogen and oxygen atoms in total. The van der Waals surface area contributed by atoms with Gasteiger partial charge in [-0.15, -0.1) is 0 Å². The van der Waals surface area contributed by atoms with Crippen LogP contribution < -0.4 is 5.73 Å². The SMILES string of the molecule is CC(C)(C)OC(=O)N1CCCC(N2CC(CN)C2)C1. The summed E-state index contributed by atoms with van der Waals surface area (Å²) in [6, 6.07) is 0.490. The van der Waals surface area contributed by atoms with E-state index in [1.165, 1.54) is 6.42 Å². The van der Waals surface area contributed by atoms with Gasteiger partial charge in [-0.3, -0.25) is 4.90 Å². The average Bonchev–Trinajstić information content (AvgIpc) is 2.26. The fourth-order valence-electron chi connectivity index (χ4n) is 2.80. The van der Waals surface area contributed by atoms with Gasteiger partial charge in [-0.25, -0.2) is 4.79 Å². The standard InChI is InChI=1S/C14H27N3O2/c1-14(2,3)19-13(18)16-6-4-5-12(10-16)17-8-11(7-15)9-17/h11-12H,4-10,15H2,1-3H3. The van der Waals surface area contributed by atoms with E-state index < -0.39 is 5.60 Å². The quantitative estimate of drug-likeness (QED) is 0.820. The predicted octanol–water partition coefficient (Wildman–Crippen LogP) is 1.28. The van der Waals surface area contributed by atoms with Crippen LogP contribution >= 0.6 is 0 Å². The number of ether oxygens (including phenoxy) is 1. The van der Waals surface area contributed by atoms with Gasteiger partial charge in [-0.05, 0) is 46.1 Å². The van der Waals surface area contributed by atoms with Gasteiger partial charge in [0.1, 0.15) is 5.60 Å². The van der Waals surface area contributed by atoms with Crippen LogP contribution in [0.1, 0.15) is 33.6 Å². The number of rotatable bonds is 2. The highest BCUT2D eigenvalue weighted by atomic mass is 16.6. The van der Waals surface area contributed by atoms with Crippen molar-refractivity contribution in [1.29, 1.82) is 0 Å². The number of nitrogens with two attached hydrogens (primary N) is 1. The van der Waals surface area contributed by atoms with Crippen molar-refractivity contribution in [2.45, 2.75) is 45.3 Å². The van der Waals surface area contributed by atoms with Crippen LogP contribution in [-0.2, 0) is 4.74 Å². The van der Waals surface area contributed by atoms with Crippen molar-refractivity contribution < 1.29 is 9.53 Å². The van der Waals surface area contributed by atoms with Crippen LogP contribution in [0.2, 0.25) is 0 Å². The summed E-state index contributed by atoms with van der Waals surface area (Å²) >= 11 is 0. The highest BCUT2D eigenvalue weighted by Crippen LogP contribution is 2.24. The molecule has 1 amide bonds. The van der Waals surface area contributed by atoms with Crippen molar-refractivity contribution in [1.82, 2.24) is 9.80 Å². The zero-order valence-electron chi connectivity index (χ0n) is 12.4. The Bertz CT molecular complexity index is 321. The zero-order chi connectivity index (χ0) is 14.0. The van der Waals surface area contributed by atoms with Gasteiger partial charge in [0.15, 0.2) is 0 Å². The summed E-state index contributed by atoms with van der Waals surface area (Å²) in [7, 11) is 0. The van der Waals surface area contributed by atoms with Crippen LogP contribution in [-0.4, -0.2) is 60.3 Å². The summed E-state index contributed by atoms with van der Waals surface area (Å²) in [5, 5.41) is 0. The molecule has 1 unspecified atom stereocenters. The number of nitrogens with zero attached hydrogens (tertiary/aromatic N) is 2. The smallest absolute Gasteiger partial charge is 0.410 e. The second kappa shape index (κ2) is 5.67. The van der Waals surface area contributed by atoms with E-state index in [0.29, 0.717) is 12.0 Å². The molecule has 0 spiro atoms. The van der Waals surface area contributed by atoms with Crippen LogP contribution in [0.5, 0.6) is 0 Å². The Balaban J connectivity index is 1.82. The second-order valence-electron chi connectivity index (χ2n) is 6.78. The maximum atomic E-state index is 12.1. The lowest BCUT2D eigenvalue weighted by Gasteiger charge is -2.47. The second-order valence-corrected chi connectivity index (χ2v) is 6.78. The molecule has 0 bridgehead atoms. The summed E-state index contributed by atoms with van der Waals surface area (Å²) in [6.45, 7) is 10.3. The molecule has 2 aliphatic rings. The summed E-state index contributed by atoms with van der Waals surface area (Å²) in [6.07, 6.45) is 2.07. The Kier molecular flexibility index (Phi) is 4.36. The summed E-state index contributed by atoms with van der Waals surface area (Å²) in [4.78, 5) is 16.4. The Morgan fingerprint density at radius 3 is 2.58 bits per heavy atom. The first-order valence-corrected chi connectivity index (χ1v) is 7.31. The first kappa shape index (κ1) is 14.6. The minimum Gasteiger partial charge on any atom is -0.444 e. The van der Waals surface area contributed by atoms with Crippen LogP contribution in [0.15, 0.2) is 0 Å². The van der Waals surface area contributed by atoms with Gasteiger partial charge in [-0.1, -0.05) is 0 Å². The van der Waals surface area contributed by atoms with Crippen molar-refractivity contribution in [2.24, 2.45) is 11.7 Å². The summed E-state index contributed by atoms with van der Waals surface area (Å²) in [5.41, 5.74) is 5.25. The molecule has 0 radical (unpaired) electrons. The van der Waals surface area contributed by atoms with E-state index >= 15 is 0 Å². The third-order valence-corrected chi connectivity index (χ3v) is 3.88. The number of likely N-dealkylation sites (tertiary alicyclic amines) is 2. The minimum atomic E-state index is -0.411. The highest BCUT2D eigenvalue weighted by molar-refractivity contribution is 5.68. The van der Waals surface area contributed by atoms with Gasteiger partial charge in [0.05, 0.1) is 0 Å². The molecular weight excluding hydrogens is 242 g/mol. The molecule has 2 heterocycles. The number of piperidine rings is 1. The molecule has 2 saturated heterocycles. The molecule has 19 heavy (non-hydrogen) atoms. The van der Waals surface area contributed by atoms with Crippen LogP contribution in [0.4, 0.5) is 4.79 Å². The molecule has 0 aromatic heterocycles. The van der Waals surface area contributed by atoms with Crippen LogP contribution in [0, 0.1) is 5.92 Å². The molecule has 0 aliphatic carbocycles. The normalized spacial score (nSPS) is 26.1. The molecule has 1 atom stereocenters. The Morgan fingerprint density at radius 2 is 2.00 bits per heavy atom. The highest BCUT2D eigenvalue weighted by Gasteiger charge is 2.35. The van der Waals surface area contributed by atoms with Gasteiger partial charge < -0.3 is 15.4 Å². The van der Waals surface area contributed by atoms with E-state index in [-0.39, 0.29) is 6.09 Å². The molecule has 2 fully saturated rings. The van der Waals surface area contributed by atoms with E-state index in [4.69, 9.17) is 10.5 Å². The molecule has 2 rings (SSSR count). The van der Waals surface area contributed by atoms with Crippen LogP contribution in [0.25, 0.3) is 0 Å². The molecular formula is C14H27N3O2. The fourth-order valence-corrected chi connectivity index (χ4v) is 2.80. The number of hydrogen-bond donors (Lipinski definition) is 1. The van der Waals surface area contributed by atoms with Gasteiger partial charge in [0.2, 0.25) is 0 Å². The zero-order valence-corrected chi connectivity index (χ0v) is 12.4. The van der Waals surface area contributed by atoms with E-state index in [1.54, 1.807) is 0 Å². The topological polar surface area (TPSA) is 58.8 Å². The number of carbonyl (C=O) groups excluding carboxylic acids is 1.